The molecule has 3 aliphatic rings. The van der Waals surface area contributed by atoms with Crippen molar-refractivity contribution in [3.05, 3.63) is 35.4 Å². The number of benzene rings is 1. The van der Waals surface area contributed by atoms with Crippen LogP contribution in [0.1, 0.15) is 30.4 Å². The average Bonchev–Trinajstić information content (AvgIpc) is 3.30. The summed E-state index contributed by atoms with van der Waals surface area (Å²) in [6, 6.07) is 6.79. The van der Waals surface area contributed by atoms with Gasteiger partial charge in [-0.2, -0.15) is 0 Å². The van der Waals surface area contributed by atoms with Gasteiger partial charge in [0.25, 0.3) is 0 Å². The smallest absolute Gasteiger partial charge is 0.326 e. The second-order valence-corrected chi connectivity index (χ2v) is 9.87. The molecule has 1 aromatic rings. The third-order valence-electron chi connectivity index (χ3n) is 6.13. The van der Waals surface area contributed by atoms with E-state index in [9.17, 15) is 23.1 Å². The first-order valence-electron chi connectivity index (χ1n) is 8.62. The van der Waals surface area contributed by atoms with Crippen LogP contribution >= 0.6 is 0 Å². The minimum absolute atomic E-state index is 0.124. The van der Waals surface area contributed by atoms with E-state index in [4.69, 9.17) is 0 Å². The quantitative estimate of drug-likeness (QED) is 0.853. The molecule has 6 nitrogen and oxygen atoms in total. The zero-order valence-electron chi connectivity index (χ0n) is 13.8. The van der Waals surface area contributed by atoms with Gasteiger partial charge in [-0.3, -0.25) is 4.79 Å². The van der Waals surface area contributed by atoms with Crippen molar-refractivity contribution in [3.8, 4) is 0 Å². The van der Waals surface area contributed by atoms with E-state index in [2.05, 4.69) is 0 Å². The molecule has 0 radical (unpaired) electrons. The number of hydrogen-bond acceptors (Lipinski definition) is 4. The van der Waals surface area contributed by atoms with Crippen LogP contribution in [0.25, 0.3) is 0 Å². The summed E-state index contributed by atoms with van der Waals surface area (Å²) in [5.74, 6) is -1.05. The Hall–Kier alpha value is -1.89. The number of carboxylic acid groups (broad SMARTS) is 1. The number of fused-ring (bicyclic) bond motifs is 1. The second kappa shape index (κ2) is 5.56. The maximum Gasteiger partial charge on any atom is 0.326 e. The van der Waals surface area contributed by atoms with Crippen LogP contribution in [0.5, 0.6) is 0 Å². The molecule has 1 aromatic carbocycles. The molecule has 4 rings (SSSR count). The van der Waals surface area contributed by atoms with Crippen LogP contribution in [0.15, 0.2) is 24.3 Å². The van der Waals surface area contributed by atoms with Gasteiger partial charge in [0.05, 0.1) is 11.5 Å². The maximum absolute atomic E-state index is 13.0. The Morgan fingerprint density at radius 2 is 1.76 bits per heavy atom. The van der Waals surface area contributed by atoms with Crippen LogP contribution in [-0.2, 0) is 32.4 Å². The van der Waals surface area contributed by atoms with E-state index >= 15 is 0 Å². The van der Waals surface area contributed by atoms with Gasteiger partial charge in [0.15, 0.2) is 0 Å². The second-order valence-electron chi connectivity index (χ2n) is 7.56. The van der Waals surface area contributed by atoms with Crippen LogP contribution in [-0.4, -0.2) is 47.8 Å². The molecule has 2 atom stereocenters. The molecule has 1 N–H and O–H groups in total. The summed E-state index contributed by atoms with van der Waals surface area (Å²) in [4.78, 5) is 26.2. The van der Waals surface area contributed by atoms with Crippen LogP contribution in [0.3, 0.4) is 0 Å². The highest BCUT2D eigenvalue weighted by Crippen LogP contribution is 2.60. The molecule has 0 bridgehead atoms. The SMILES string of the molecule is O=C(O)C1Cc2ccccc2CN1C(=O)C1CC12CCS(=O)(=O)CC2. The Kier molecular flexibility index (Phi) is 3.68. The number of carboxylic acids is 1. The van der Waals surface area contributed by atoms with Gasteiger partial charge >= 0.3 is 5.97 Å². The zero-order valence-corrected chi connectivity index (χ0v) is 14.7. The minimum atomic E-state index is -2.97. The van der Waals surface area contributed by atoms with Crippen molar-refractivity contribution in [2.45, 2.75) is 38.3 Å². The summed E-state index contributed by atoms with van der Waals surface area (Å²) < 4.78 is 23.3. The molecule has 1 saturated carbocycles. The molecule has 1 amide bonds. The van der Waals surface area contributed by atoms with Crippen LogP contribution < -0.4 is 0 Å². The molecule has 134 valence electrons. The van der Waals surface area contributed by atoms with Crippen molar-refractivity contribution in [1.82, 2.24) is 4.90 Å². The van der Waals surface area contributed by atoms with Crippen molar-refractivity contribution >= 4 is 21.7 Å². The predicted molar refractivity (Wildman–Crippen MR) is 90.5 cm³/mol. The normalized spacial score (nSPS) is 29.0. The van der Waals surface area contributed by atoms with E-state index in [0.717, 1.165) is 11.1 Å². The van der Waals surface area contributed by atoms with E-state index in [1.807, 2.05) is 24.3 Å². The summed E-state index contributed by atoms with van der Waals surface area (Å²) in [6.45, 7) is 0.316. The number of sulfone groups is 1. The van der Waals surface area contributed by atoms with Crippen molar-refractivity contribution in [2.75, 3.05) is 11.5 Å². The van der Waals surface area contributed by atoms with Gasteiger partial charge in [-0.25, -0.2) is 13.2 Å². The van der Waals surface area contributed by atoms with Gasteiger partial charge in [-0.15, -0.1) is 0 Å². The monoisotopic (exact) mass is 363 g/mol. The molecule has 1 spiro atoms. The van der Waals surface area contributed by atoms with Gasteiger partial charge in [0, 0.05) is 18.9 Å². The number of carbonyl (C=O) groups excluding carboxylic acids is 1. The average molecular weight is 363 g/mol. The Morgan fingerprint density at radius 3 is 2.40 bits per heavy atom. The van der Waals surface area contributed by atoms with Crippen LogP contribution in [0, 0.1) is 11.3 Å². The molecule has 2 heterocycles. The molecule has 2 unspecified atom stereocenters. The number of nitrogens with zero attached hydrogens (tertiary/aromatic N) is 1. The summed E-state index contributed by atoms with van der Waals surface area (Å²) >= 11 is 0. The Balaban J connectivity index is 1.55. The Labute approximate surface area is 146 Å². The number of hydrogen-bond donors (Lipinski definition) is 1. The molecular weight excluding hydrogens is 342 g/mol. The summed E-state index contributed by atoms with van der Waals surface area (Å²) in [5.41, 5.74) is 1.75. The first-order chi connectivity index (χ1) is 11.8. The summed E-state index contributed by atoms with van der Waals surface area (Å²) in [7, 11) is -2.97. The van der Waals surface area contributed by atoms with Crippen molar-refractivity contribution in [1.29, 1.82) is 0 Å². The molecule has 1 saturated heterocycles. The highest BCUT2D eigenvalue weighted by atomic mass is 32.2. The van der Waals surface area contributed by atoms with Crippen molar-refractivity contribution < 1.29 is 23.1 Å². The lowest BCUT2D eigenvalue weighted by Gasteiger charge is -2.35. The molecule has 2 aliphatic heterocycles. The van der Waals surface area contributed by atoms with Gasteiger partial charge in [-0.05, 0) is 35.8 Å². The number of aliphatic carboxylic acids is 1. The first kappa shape index (κ1) is 16.6. The van der Waals surface area contributed by atoms with Gasteiger partial charge < -0.3 is 10.0 Å². The van der Waals surface area contributed by atoms with E-state index in [-0.39, 0.29) is 28.7 Å². The maximum atomic E-state index is 13.0. The van der Waals surface area contributed by atoms with E-state index < -0.39 is 21.8 Å². The topological polar surface area (TPSA) is 91.8 Å². The largest absolute Gasteiger partial charge is 0.480 e. The van der Waals surface area contributed by atoms with Crippen LogP contribution in [0.2, 0.25) is 0 Å². The first-order valence-corrected chi connectivity index (χ1v) is 10.4. The van der Waals surface area contributed by atoms with Gasteiger partial charge in [0.1, 0.15) is 15.9 Å². The molecule has 7 heteroatoms. The third kappa shape index (κ3) is 2.84. The number of rotatable bonds is 2. The highest BCUT2D eigenvalue weighted by molar-refractivity contribution is 7.91. The lowest BCUT2D eigenvalue weighted by Crippen LogP contribution is -2.49. The Morgan fingerprint density at radius 1 is 1.12 bits per heavy atom. The fourth-order valence-corrected chi connectivity index (χ4v) is 6.01. The molecule has 25 heavy (non-hydrogen) atoms. The third-order valence-corrected chi connectivity index (χ3v) is 7.78. The fourth-order valence-electron chi connectivity index (χ4n) is 4.37. The molecule has 0 aromatic heterocycles. The molecule has 2 fully saturated rings. The van der Waals surface area contributed by atoms with Crippen molar-refractivity contribution in [2.24, 2.45) is 11.3 Å². The van der Waals surface area contributed by atoms with E-state index in [1.54, 1.807) is 0 Å². The number of amides is 1. The predicted octanol–water partition coefficient (Wildman–Crippen LogP) is 1.24. The van der Waals surface area contributed by atoms with Crippen molar-refractivity contribution in [3.63, 3.8) is 0 Å². The van der Waals surface area contributed by atoms with Crippen LogP contribution in [0.4, 0.5) is 0 Å². The fraction of sp³-hybridized carbons (Fsp3) is 0.556. The molecule has 1 aliphatic carbocycles. The summed E-state index contributed by atoms with van der Waals surface area (Å²) in [6.07, 6.45) is 2.05. The standard InChI is InChI=1S/C18H21NO5S/c20-16(14-10-18(14)5-7-25(23,24)8-6-18)19-11-13-4-2-1-3-12(13)9-15(19)17(21)22/h1-4,14-15H,5-11H2,(H,21,22). The highest BCUT2D eigenvalue weighted by Gasteiger charge is 2.61. The lowest BCUT2D eigenvalue weighted by molar-refractivity contribution is -0.152. The van der Waals surface area contributed by atoms with E-state index in [0.29, 0.717) is 32.2 Å². The molecular formula is C18H21NO5S. The Bertz CT molecular complexity index is 833. The zero-order chi connectivity index (χ0) is 17.8. The summed E-state index contributed by atoms with van der Waals surface area (Å²) in [5, 5.41) is 9.58. The number of carbonyl (C=O) groups is 2. The van der Waals surface area contributed by atoms with Gasteiger partial charge in [-0.1, -0.05) is 24.3 Å². The lowest BCUT2D eigenvalue weighted by atomic mass is 9.91. The minimum Gasteiger partial charge on any atom is -0.480 e. The van der Waals surface area contributed by atoms with Gasteiger partial charge in [0.2, 0.25) is 5.91 Å². The van der Waals surface area contributed by atoms with E-state index in [1.165, 1.54) is 4.90 Å².